The first-order chi connectivity index (χ1) is 12.3. The van der Waals surface area contributed by atoms with Gasteiger partial charge in [-0.1, -0.05) is 12.1 Å². The van der Waals surface area contributed by atoms with E-state index in [2.05, 4.69) is 4.98 Å². The van der Waals surface area contributed by atoms with Crippen LogP contribution >= 0.6 is 0 Å². The van der Waals surface area contributed by atoms with Gasteiger partial charge < -0.3 is 14.8 Å². The van der Waals surface area contributed by atoms with Crippen LogP contribution in [0.4, 0.5) is 4.39 Å². The monoisotopic (exact) mass is 361 g/mol. The Morgan fingerprint density at radius 2 is 2.23 bits per heavy atom. The largest absolute Gasteiger partial charge is 0.481 e. The number of piperidine rings is 1. The number of aliphatic hydroxyl groups excluding tert-OH is 1. The third-order valence-corrected chi connectivity index (χ3v) is 5.24. The van der Waals surface area contributed by atoms with Gasteiger partial charge in [-0.2, -0.15) is 0 Å². The third-order valence-electron chi connectivity index (χ3n) is 5.24. The Bertz CT molecular complexity index is 788. The number of imidazole rings is 1. The van der Waals surface area contributed by atoms with Crippen molar-refractivity contribution >= 4 is 5.97 Å². The number of nitrogens with zero attached hydrogens (tertiary/aromatic N) is 3. The maximum Gasteiger partial charge on any atom is 0.313 e. The van der Waals surface area contributed by atoms with E-state index in [1.807, 2.05) is 29.6 Å². The summed E-state index contributed by atoms with van der Waals surface area (Å²) in [4.78, 5) is 18.6. The highest BCUT2D eigenvalue weighted by Crippen LogP contribution is 2.35. The first-order valence-electron chi connectivity index (χ1n) is 8.67. The lowest BCUT2D eigenvalue weighted by molar-refractivity contribution is -0.163. The van der Waals surface area contributed by atoms with E-state index in [0.29, 0.717) is 25.1 Å². The second-order valence-electron chi connectivity index (χ2n) is 7.17. The van der Waals surface area contributed by atoms with Crippen molar-refractivity contribution in [3.05, 3.63) is 53.4 Å². The lowest BCUT2D eigenvalue weighted by atomic mass is 9.73. The maximum atomic E-state index is 13.5. The van der Waals surface area contributed by atoms with Gasteiger partial charge in [0.1, 0.15) is 17.1 Å². The van der Waals surface area contributed by atoms with E-state index in [9.17, 15) is 19.4 Å². The van der Waals surface area contributed by atoms with E-state index >= 15 is 0 Å². The zero-order chi connectivity index (χ0) is 18.9. The number of aryl methyl sites for hydroxylation is 2. The van der Waals surface area contributed by atoms with Crippen molar-refractivity contribution in [3.8, 4) is 0 Å². The minimum atomic E-state index is -1.37. The van der Waals surface area contributed by atoms with E-state index in [1.165, 1.54) is 12.1 Å². The van der Waals surface area contributed by atoms with Gasteiger partial charge >= 0.3 is 5.97 Å². The number of rotatable bonds is 5. The molecule has 1 aromatic carbocycles. The topological polar surface area (TPSA) is 78.6 Å². The van der Waals surface area contributed by atoms with E-state index in [1.54, 1.807) is 12.1 Å². The molecule has 0 unspecified atom stereocenters. The predicted octanol–water partition coefficient (Wildman–Crippen LogP) is 1.75. The molecule has 2 N–H and O–H groups in total. The van der Waals surface area contributed by atoms with Gasteiger partial charge in [0.05, 0.1) is 11.8 Å². The summed E-state index contributed by atoms with van der Waals surface area (Å²) in [6.45, 7) is 3.21. The molecular formula is C19H24FN3O3. The molecule has 3 rings (SSSR count). The van der Waals surface area contributed by atoms with Crippen LogP contribution in [0.15, 0.2) is 30.5 Å². The maximum absolute atomic E-state index is 13.5. The lowest BCUT2D eigenvalue weighted by Gasteiger charge is -2.43. The van der Waals surface area contributed by atoms with E-state index in [4.69, 9.17) is 0 Å². The number of aliphatic carboxylic acids is 1. The molecule has 1 aliphatic rings. The van der Waals surface area contributed by atoms with Crippen LogP contribution < -0.4 is 0 Å². The zero-order valence-electron chi connectivity index (χ0n) is 15.0. The number of carboxylic acids is 1. The Kier molecular flexibility index (Phi) is 5.11. The van der Waals surface area contributed by atoms with Crippen LogP contribution in [-0.2, 0) is 24.8 Å². The molecule has 6 nitrogen and oxygen atoms in total. The van der Waals surface area contributed by atoms with E-state index < -0.39 is 23.3 Å². The number of benzene rings is 1. The molecule has 0 saturated carbocycles. The summed E-state index contributed by atoms with van der Waals surface area (Å²) in [5.41, 5.74) is 0.0731. The van der Waals surface area contributed by atoms with Gasteiger partial charge in [-0.25, -0.2) is 9.37 Å². The number of hydrogen-bond donors (Lipinski definition) is 2. The molecule has 1 aromatic heterocycles. The van der Waals surface area contributed by atoms with Gasteiger partial charge in [0.2, 0.25) is 0 Å². The minimum absolute atomic E-state index is 0.0823. The number of carboxylic acid groups (broad SMARTS) is 1. The van der Waals surface area contributed by atoms with Crippen LogP contribution in [0, 0.1) is 18.2 Å². The van der Waals surface area contributed by atoms with Crippen LogP contribution in [0.25, 0.3) is 0 Å². The van der Waals surface area contributed by atoms with E-state index in [-0.39, 0.29) is 13.0 Å². The highest BCUT2D eigenvalue weighted by atomic mass is 19.1. The normalized spacial score (nSPS) is 23.9. The molecule has 0 aliphatic carbocycles. The molecule has 26 heavy (non-hydrogen) atoms. The van der Waals surface area contributed by atoms with Gasteiger partial charge in [0.15, 0.2) is 0 Å². The van der Waals surface area contributed by atoms with Crippen LogP contribution in [0.2, 0.25) is 0 Å². The molecular weight excluding hydrogens is 337 g/mol. The molecule has 0 spiro atoms. The molecule has 2 heterocycles. The molecule has 1 fully saturated rings. The second kappa shape index (κ2) is 7.17. The Hall–Kier alpha value is -2.25. The van der Waals surface area contributed by atoms with Gasteiger partial charge in [-0.3, -0.25) is 9.69 Å². The van der Waals surface area contributed by atoms with Gasteiger partial charge in [-0.15, -0.1) is 0 Å². The zero-order valence-corrected chi connectivity index (χ0v) is 15.0. The molecule has 1 aliphatic heterocycles. The molecule has 7 heteroatoms. The Labute approximate surface area is 151 Å². The number of halogens is 1. The molecule has 140 valence electrons. The third kappa shape index (κ3) is 3.64. The Balaban J connectivity index is 1.83. The van der Waals surface area contributed by atoms with E-state index in [0.717, 1.165) is 11.5 Å². The van der Waals surface area contributed by atoms with Crippen LogP contribution in [0.5, 0.6) is 0 Å². The van der Waals surface area contributed by atoms with Gasteiger partial charge in [0.25, 0.3) is 0 Å². The standard InChI is InChI=1S/C19H24FN3O3/c1-13-21-16(10-22(13)2)11-23-7-6-17(24)19(12-23,18(25)26)9-14-4-3-5-15(20)8-14/h3-5,8,10,17,24H,6-7,9,11-12H2,1-2H3,(H,25,26)/t17-,19-/m1/s1. The van der Waals surface area contributed by atoms with Crippen LogP contribution in [0.1, 0.15) is 23.5 Å². The number of aromatic nitrogens is 2. The van der Waals surface area contributed by atoms with Crippen molar-refractivity contribution in [3.63, 3.8) is 0 Å². The summed E-state index contributed by atoms with van der Waals surface area (Å²) >= 11 is 0. The van der Waals surface area contributed by atoms with Crippen molar-refractivity contribution in [1.29, 1.82) is 0 Å². The summed E-state index contributed by atoms with van der Waals surface area (Å²) in [7, 11) is 1.91. The van der Waals surface area contributed by atoms with Crippen molar-refractivity contribution in [1.82, 2.24) is 14.5 Å². The van der Waals surface area contributed by atoms with Crippen molar-refractivity contribution in [2.75, 3.05) is 13.1 Å². The number of likely N-dealkylation sites (tertiary alicyclic amines) is 1. The number of aliphatic hydroxyl groups is 1. The lowest BCUT2D eigenvalue weighted by Crippen LogP contribution is -2.56. The molecule has 0 amide bonds. The highest BCUT2D eigenvalue weighted by molar-refractivity contribution is 5.76. The molecule has 2 aromatic rings. The van der Waals surface area contributed by atoms with Crippen LogP contribution in [0.3, 0.4) is 0 Å². The van der Waals surface area contributed by atoms with Crippen molar-refractivity contribution in [2.45, 2.75) is 32.4 Å². The highest BCUT2D eigenvalue weighted by Gasteiger charge is 2.49. The summed E-state index contributed by atoms with van der Waals surface area (Å²) in [5, 5.41) is 20.5. The average Bonchev–Trinajstić information content (AvgIpc) is 2.88. The molecule has 1 saturated heterocycles. The minimum Gasteiger partial charge on any atom is -0.481 e. The Morgan fingerprint density at radius 3 is 2.85 bits per heavy atom. The van der Waals surface area contributed by atoms with Gasteiger partial charge in [0, 0.05) is 32.9 Å². The smallest absolute Gasteiger partial charge is 0.313 e. The number of hydrogen-bond acceptors (Lipinski definition) is 4. The predicted molar refractivity (Wildman–Crippen MR) is 94.0 cm³/mol. The first-order valence-corrected chi connectivity index (χ1v) is 8.67. The van der Waals surface area contributed by atoms with Crippen LogP contribution in [-0.4, -0.2) is 49.8 Å². The molecule has 0 radical (unpaired) electrons. The fourth-order valence-corrected chi connectivity index (χ4v) is 3.71. The Morgan fingerprint density at radius 1 is 1.46 bits per heavy atom. The summed E-state index contributed by atoms with van der Waals surface area (Å²) in [6.07, 6.45) is 1.38. The molecule has 2 atom stereocenters. The van der Waals surface area contributed by atoms with Gasteiger partial charge in [-0.05, 0) is 37.5 Å². The average molecular weight is 361 g/mol. The van der Waals surface area contributed by atoms with Crippen molar-refractivity contribution < 1.29 is 19.4 Å². The summed E-state index contributed by atoms with van der Waals surface area (Å²) < 4.78 is 15.4. The summed E-state index contributed by atoms with van der Waals surface area (Å²) in [5.74, 6) is -0.577. The fraction of sp³-hybridized carbons (Fsp3) is 0.474. The summed E-state index contributed by atoms with van der Waals surface area (Å²) in [6, 6.07) is 5.91. The van der Waals surface area contributed by atoms with Crippen molar-refractivity contribution in [2.24, 2.45) is 12.5 Å². The molecule has 0 bridgehead atoms. The second-order valence-corrected chi connectivity index (χ2v) is 7.17. The number of carbonyl (C=O) groups is 1. The fourth-order valence-electron chi connectivity index (χ4n) is 3.71. The quantitative estimate of drug-likeness (QED) is 0.848. The SMILES string of the molecule is Cc1nc(CN2CC[C@@H](O)[C@](Cc3cccc(F)c3)(C(=O)O)C2)cn1C. The first kappa shape index (κ1) is 18.5.